The molecule has 1 aliphatic heterocycles. The van der Waals surface area contributed by atoms with Crippen LogP contribution in [0, 0.1) is 10.1 Å². The molecule has 5 heteroatoms. The van der Waals surface area contributed by atoms with Crippen LogP contribution in [0.1, 0.15) is 28.3 Å². The lowest BCUT2D eigenvalue weighted by atomic mass is 9.89. The molecular formula is C22H20N2O3. The van der Waals surface area contributed by atoms with Crippen molar-refractivity contribution in [1.29, 1.82) is 0 Å². The zero-order valence-electron chi connectivity index (χ0n) is 14.8. The van der Waals surface area contributed by atoms with Gasteiger partial charge in [-0.2, -0.15) is 0 Å². The number of nitro benzene ring substituents is 1. The van der Waals surface area contributed by atoms with E-state index in [4.69, 9.17) is 4.74 Å². The van der Waals surface area contributed by atoms with Crippen LogP contribution in [-0.4, -0.2) is 11.5 Å². The van der Waals surface area contributed by atoms with Gasteiger partial charge in [0.1, 0.15) is 12.4 Å². The van der Waals surface area contributed by atoms with Gasteiger partial charge in [0.05, 0.1) is 16.5 Å². The highest BCUT2D eigenvalue weighted by Crippen LogP contribution is 2.35. The van der Waals surface area contributed by atoms with Crippen LogP contribution in [0.25, 0.3) is 0 Å². The van der Waals surface area contributed by atoms with E-state index in [0.717, 1.165) is 29.8 Å². The van der Waals surface area contributed by atoms with Gasteiger partial charge in [0, 0.05) is 12.6 Å². The van der Waals surface area contributed by atoms with Gasteiger partial charge in [-0.1, -0.05) is 54.6 Å². The zero-order valence-corrected chi connectivity index (χ0v) is 14.8. The average molecular weight is 360 g/mol. The fraction of sp³-hybridized carbons (Fsp3) is 0.182. The molecule has 3 aromatic carbocycles. The minimum Gasteiger partial charge on any atom is -0.489 e. The lowest BCUT2D eigenvalue weighted by molar-refractivity contribution is -0.385. The molecule has 0 aromatic heterocycles. The predicted octanol–water partition coefficient (Wildman–Crippen LogP) is 4.41. The molecule has 1 unspecified atom stereocenters. The van der Waals surface area contributed by atoms with Gasteiger partial charge in [-0.15, -0.1) is 0 Å². The van der Waals surface area contributed by atoms with Crippen LogP contribution in [-0.2, 0) is 13.0 Å². The Balaban J connectivity index is 1.60. The first-order valence-corrected chi connectivity index (χ1v) is 8.98. The van der Waals surface area contributed by atoms with E-state index in [1.54, 1.807) is 12.1 Å². The first-order chi connectivity index (χ1) is 13.2. The van der Waals surface area contributed by atoms with Gasteiger partial charge in [0.2, 0.25) is 0 Å². The fourth-order valence-electron chi connectivity index (χ4n) is 3.55. The van der Waals surface area contributed by atoms with Crippen LogP contribution in [0.5, 0.6) is 5.75 Å². The molecule has 0 aliphatic carbocycles. The highest BCUT2D eigenvalue weighted by Gasteiger charge is 2.27. The van der Waals surface area contributed by atoms with Crippen molar-refractivity contribution in [2.75, 3.05) is 6.54 Å². The van der Waals surface area contributed by atoms with Crippen LogP contribution in [0.3, 0.4) is 0 Å². The SMILES string of the molecule is O=[N+]([O-])c1ccccc1C1NCCc2cc(OCc3ccccc3)ccc21. The Morgan fingerprint density at radius 3 is 2.59 bits per heavy atom. The van der Waals surface area contributed by atoms with E-state index < -0.39 is 0 Å². The Morgan fingerprint density at radius 1 is 1.00 bits per heavy atom. The minimum absolute atomic E-state index is 0.146. The van der Waals surface area contributed by atoms with Gasteiger partial charge in [-0.25, -0.2) is 0 Å². The van der Waals surface area contributed by atoms with Crippen molar-refractivity contribution in [3.8, 4) is 5.75 Å². The van der Waals surface area contributed by atoms with Crippen LogP contribution in [0.4, 0.5) is 5.69 Å². The Bertz CT molecular complexity index is 957. The summed E-state index contributed by atoms with van der Waals surface area (Å²) in [4.78, 5) is 11.1. The monoisotopic (exact) mass is 360 g/mol. The van der Waals surface area contributed by atoms with Crippen molar-refractivity contribution in [1.82, 2.24) is 5.32 Å². The minimum atomic E-state index is -0.317. The van der Waals surface area contributed by atoms with E-state index in [0.29, 0.717) is 12.2 Å². The summed E-state index contributed by atoms with van der Waals surface area (Å²) in [5.74, 6) is 0.820. The largest absolute Gasteiger partial charge is 0.489 e. The maximum absolute atomic E-state index is 11.4. The number of para-hydroxylation sites is 1. The number of nitrogens with one attached hydrogen (secondary N) is 1. The molecule has 0 spiro atoms. The maximum atomic E-state index is 11.4. The van der Waals surface area contributed by atoms with Gasteiger partial charge >= 0.3 is 0 Å². The Hall–Kier alpha value is -3.18. The molecule has 5 nitrogen and oxygen atoms in total. The molecule has 0 fully saturated rings. The lowest BCUT2D eigenvalue weighted by Crippen LogP contribution is -2.31. The van der Waals surface area contributed by atoms with Crippen molar-refractivity contribution in [3.05, 3.63) is 105 Å². The highest BCUT2D eigenvalue weighted by atomic mass is 16.6. The summed E-state index contributed by atoms with van der Waals surface area (Å²) < 4.78 is 5.93. The molecule has 3 aromatic rings. The Kier molecular flexibility index (Phi) is 4.85. The Morgan fingerprint density at radius 2 is 1.78 bits per heavy atom. The van der Waals surface area contributed by atoms with Gasteiger partial charge in [0.25, 0.3) is 5.69 Å². The summed E-state index contributed by atoms with van der Waals surface area (Å²) in [5, 5.41) is 14.8. The highest BCUT2D eigenvalue weighted by molar-refractivity contribution is 5.50. The van der Waals surface area contributed by atoms with Crippen LogP contribution < -0.4 is 10.1 Å². The average Bonchev–Trinajstić information content (AvgIpc) is 2.72. The van der Waals surface area contributed by atoms with Crippen molar-refractivity contribution < 1.29 is 9.66 Å². The third-order valence-corrected chi connectivity index (χ3v) is 4.86. The number of fused-ring (bicyclic) bond motifs is 1. The van der Waals surface area contributed by atoms with Crippen molar-refractivity contribution in [2.24, 2.45) is 0 Å². The van der Waals surface area contributed by atoms with E-state index >= 15 is 0 Å². The second-order valence-corrected chi connectivity index (χ2v) is 6.59. The van der Waals surface area contributed by atoms with E-state index in [2.05, 4.69) is 11.4 Å². The van der Waals surface area contributed by atoms with Crippen molar-refractivity contribution >= 4 is 5.69 Å². The summed E-state index contributed by atoms with van der Waals surface area (Å²) in [7, 11) is 0. The molecule has 136 valence electrons. The molecule has 1 atom stereocenters. The van der Waals surface area contributed by atoms with Gasteiger partial charge < -0.3 is 10.1 Å². The molecule has 0 amide bonds. The second-order valence-electron chi connectivity index (χ2n) is 6.59. The van der Waals surface area contributed by atoms with Crippen LogP contribution in [0.2, 0.25) is 0 Å². The molecule has 0 saturated carbocycles. The second kappa shape index (κ2) is 7.60. The van der Waals surface area contributed by atoms with Gasteiger partial charge in [-0.05, 0) is 35.2 Å². The van der Waals surface area contributed by atoms with E-state index in [1.165, 1.54) is 5.56 Å². The number of hydrogen-bond acceptors (Lipinski definition) is 4. The maximum Gasteiger partial charge on any atom is 0.274 e. The van der Waals surface area contributed by atoms with E-state index in [9.17, 15) is 10.1 Å². The van der Waals surface area contributed by atoms with Crippen molar-refractivity contribution in [3.63, 3.8) is 0 Å². The first kappa shape index (κ1) is 17.2. The quantitative estimate of drug-likeness (QED) is 0.541. The first-order valence-electron chi connectivity index (χ1n) is 8.98. The molecule has 0 saturated heterocycles. The van der Waals surface area contributed by atoms with Crippen LogP contribution >= 0.6 is 0 Å². The molecular weight excluding hydrogens is 340 g/mol. The molecule has 1 heterocycles. The number of benzene rings is 3. The lowest BCUT2D eigenvalue weighted by Gasteiger charge is -2.27. The molecule has 27 heavy (non-hydrogen) atoms. The Labute approximate surface area is 157 Å². The summed E-state index contributed by atoms with van der Waals surface area (Å²) >= 11 is 0. The fourth-order valence-corrected chi connectivity index (χ4v) is 3.55. The van der Waals surface area contributed by atoms with Gasteiger partial charge in [-0.3, -0.25) is 10.1 Å². The topological polar surface area (TPSA) is 64.4 Å². The third kappa shape index (κ3) is 3.68. The summed E-state index contributed by atoms with van der Waals surface area (Å²) in [5.41, 5.74) is 4.20. The van der Waals surface area contributed by atoms with E-state index in [1.807, 2.05) is 54.6 Å². The standard InChI is InChI=1S/C22H20N2O3/c25-24(26)21-9-5-4-8-20(21)22-19-11-10-18(14-17(19)12-13-23-22)27-15-16-6-2-1-3-7-16/h1-11,14,22-23H,12-13,15H2. The third-order valence-electron chi connectivity index (χ3n) is 4.86. The van der Waals surface area contributed by atoms with Crippen molar-refractivity contribution in [2.45, 2.75) is 19.1 Å². The summed E-state index contributed by atoms with van der Waals surface area (Å²) in [6, 6.07) is 22.8. The van der Waals surface area contributed by atoms with Gasteiger partial charge in [0.15, 0.2) is 0 Å². The molecule has 0 radical (unpaired) electrons. The smallest absolute Gasteiger partial charge is 0.274 e. The van der Waals surface area contributed by atoms with E-state index in [-0.39, 0.29) is 16.7 Å². The summed E-state index contributed by atoms with van der Waals surface area (Å²) in [6.07, 6.45) is 0.870. The summed E-state index contributed by atoms with van der Waals surface area (Å²) in [6.45, 7) is 1.29. The number of hydrogen-bond donors (Lipinski definition) is 1. The molecule has 4 rings (SSSR count). The number of ether oxygens (including phenoxy) is 1. The van der Waals surface area contributed by atoms with Crippen LogP contribution in [0.15, 0.2) is 72.8 Å². The zero-order chi connectivity index (χ0) is 18.6. The number of nitrogens with zero attached hydrogens (tertiary/aromatic N) is 1. The number of rotatable bonds is 5. The molecule has 1 aliphatic rings. The normalized spacial score (nSPS) is 15.8. The predicted molar refractivity (Wildman–Crippen MR) is 104 cm³/mol. The molecule has 0 bridgehead atoms. The number of nitro groups is 1. The molecule has 1 N–H and O–H groups in total.